The Morgan fingerprint density at radius 1 is 0.727 bits per heavy atom. The number of carboxylic acids is 2. The van der Waals surface area contributed by atoms with Crippen LogP contribution in [0.2, 0.25) is 0 Å². The number of nitrogens with zero attached hydrogens (tertiary/aromatic N) is 2. The molecule has 6 nitrogen and oxygen atoms in total. The van der Waals surface area contributed by atoms with Gasteiger partial charge in [0.15, 0.2) is 11.1 Å². The van der Waals surface area contributed by atoms with Crippen LogP contribution in [0.25, 0.3) is 0 Å². The predicted octanol–water partition coefficient (Wildman–Crippen LogP) is 3.85. The Morgan fingerprint density at radius 2 is 1.09 bits per heavy atom. The van der Waals surface area contributed by atoms with Crippen LogP contribution in [0.15, 0.2) is 10.2 Å². The lowest BCUT2D eigenvalue weighted by Gasteiger charge is -2.47. The normalized spacial score (nSPS) is 16.8. The predicted molar refractivity (Wildman–Crippen MR) is 85.0 cm³/mol. The molecule has 0 aliphatic heterocycles. The van der Waals surface area contributed by atoms with Crippen molar-refractivity contribution in [2.24, 2.45) is 27.0 Å². The van der Waals surface area contributed by atoms with Crippen LogP contribution >= 0.6 is 0 Å². The topological polar surface area (TPSA) is 99.3 Å². The van der Waals surface area contributed by atoms with Gasteiger partial charge in [0.05, 0.1) is 0 Å². The molecule has 6 heteroatoms. The molecule has 0 amide bonds. The molecule has 0 aromatic carbocycles. The number of rotatable bonds is 5. The zero-order valence-corrected chi connectivity index (χ0v) is 15.2. The van der Waals surface area contributed by atoms with Crippen LogP contribution in [0, 0.1) is 16.7 Å². The Morgan fingerprint density at radius 3 is 1.32 bits per heavy atom. The second-order valence-corrected chi connectivity index (χ2v) is 8.68. The van der Waals surface area contributed by atoms with Crippen molar-refractivity contribution in [1.29, 1.82) is 0 Å². The van der Waals surface area contributed by atoms with Gasteiger partial charge in [-0.15, -0.1) is 0 Å². The SMILES string of the molecule is CC(C)(/N=N/C(C)(C(=O)O)C(C(C)(C)C)C(C)(C)C)C(=O)O. The van der Waals surface area contributed by atoms with Crippen LogP contribution in [0.3, 0.4) is 0 Å². The quantitative estimate of drug-likeness (QED) is 0.753. The highest BCUT2D eigenvalue weighted by Crippen LogP contribution is 2.48. The van der Waals surface area contributed by atoms with E-state index in [1.165, 1.54) is 20.8 Å². The van der Waals surface area contributed by atoms with E-state index in [0.29, 0.717) is 0 Å². The van der Waals surface area contributed by atoms with Crippen LogP contribution in [0.4, 0.5) is 0 Å². The molecule has 0 saturated carbocycles. The summed E-state index contributed by atoms with van der Waals surface area (Å²) in [6.07, 6.45) is 0. The molecule has 0 aromatic heterocycles. The maximum Gasteiger partial charge on any atom is 0.333 e. The molecule has 1 atom stereocenters. The minimum atomic E-state index is -1.51. The van der Waals surface area contributed by atoms with Crippen molar-refractivity contribution in [3.63, 3.8) is 0 Å². The maximum atomic E-state index is 11.9. The van der Waals surface area contributed by atoms with Crippen LogP contribution in [0.1, 0.15) is 62.3 Å². The summed E-state index contributed by atoms with van der Waals surface area (Å²) in [5.74, 6) is -2.60. The number of azo groups is 1. The van der Waals surface area contributed by atoms with Crippen molar-refractivity contribution in [3.8, 4) is 0 Å². The van der Waals surface area contributed by atoms with E-state index in [1.807, 2.05) is 41.5 Å². The number of hydrogen-bond donors (Lipinski definition) is 2. The van der Waals surface area contributed by atoms with Crippen LogP contribution in [0.5, 0.6) is 0 Å². The largest absolute Gasteiger partial charge is 0.479 e. The van der Waals surface area contributed by atoms with E-state index in [9.17, 15) is 14.7 Å². The zero-order valence-electron chi connectivity index (χ0n) is 15.2. The average Bonchev–Trinajstić information content (AvgIpc) is 2.21. The van der Waals surface area contributed by atoms with Crippen molar-refractivity contribution in [3.05, 3.63) is 0 Å². The number of carbonyl (C=O) groups is 2. The highest BCUT2D eigenvalue weighted by Gasteiger charge is 2.53. The van der Waals surface area contributed by atoms with Gasteiger partial charge < -0.3 is 10.2 Å². The lowest BCUT2D eigenvalue weighted by molar-refractivity contribution is -0.151. The Labute approximate surface area is 133 Å². The van der Waals surface area contributed by atoms with Crippen LogP contribution in [-0.2, 0) is 9.59 Å². The summed E-state index contributed by atoms with van der Waals surface area (Å²) in [4.78, 5) is 23.1. The Bertz CT molecular complexity index is 456. The minimum absolute atomic E-state index is 0.349. The van der Waals surface area contributed by atoms with E-state index in [2.05, 4.69) is 10.2 Å². The standard InChI is InChI=1S/C16H30N2O4/c1-13(2,3)10(14(4,5)6)16(9,12(21)22)18-17-15(7,8)11(19)20/h10H,1-9H3,(H,19,20)(H,21,22)/b18-17+. The second kappa shape index (κ2) is 5.97. The highest BCUT2D eigenvalue weighted by molar-refractivity contribution is 5.80. The molecule has 0 heterocycles. The molecule has 0 aromatic rings. The first kappa shape index (κ1) is 20.5. The van der Waals surface area contributed by atoms with Crippen molar-refractivity contribution in [1.82, 2.24) is 0 Å². The van der Waals surface area contributed by atoms with Gasteiger partial charge in [0.25, 0.3) is 0 Å². The molecule has 0 radical (unpaired) electrons. The summed E-state index contributed by atoms with van der Waals surface area (Å²) in [6, 6.07) is 0. The lowest BCUT2D eigenvalue weighted by atomic mass is 9.58. The fourth-order valence-corrected chi connectivity index (χ4v) is 3.48. The van der Waals surface area contributed by atoms with Crippen molar-refractivity contribution in [2.45, 2.75) is 73.4 Å². The van der Waals surface area contributed by atoms with Crippen LogP contribution in [-0.4, -0.2) is 33.2 Å². The van der Waals surface area contributed by atoms with Crippen molar-refractivity contribution < 1.29 is 19.8 Å². The lowest BCUT2D eigenvalue weighted by Crippen LogP contribution is -2.53. The molecule has 0 fully saturated rings. The first-order valence-electron chi connectivity index (χ1n) is 7.37. The van der Waals surface area contributed by atoms with Crippen molar-refractivity contribution in [2.75, 3.05) is 0 Å². The Balaban J connectivity index is 6.13. The Hall–Kier alpha value is -1.46. The van der Waals surface area contributed by atoms with Crippen molar-refractivity contribution >= 4 is 11.9 Å². The van der Waals surface area contributed by atoms with Gasteiger partial charge in [-0.05, 0) is 31.6 Å². The van der Waals surface area contributed by atoms with Gasteiger partial charge in [-0.1, -0.05) is 41.5 Å². The van der Waals surface area contributed by atoms with E-state index >= 15 is 0 Å². The van der Waals surface area contributed by atoms with Gasteiger partial charge in [-0.3, -0.25) is 0 Å². The summed E-state index contributed by atoms with van der Waals surface area (Å²) >= 11 is 0. The first-order chi connectivity index (χ1) is 9.46. The fourth-order valence-electron chi connectivity index (χ4n) is 3.48. The minimum Gasteiger partial charge on any atom is -0.479 e. The molecule has 22 heavy (non-hydrogen) atoms. The van der Waals surface area contributed by atoms with E-state index in [0.717, 1.165) is 0 Å². The third kappa shape index (κ3) is 4.52. The van der Waals surface area contributed by atoms with E-state index in [-0.39, 0.29) is 16.7 Å². The molecule has 0 bridgehead atoms. The molecular formula is C16H30N2O4. The Kier molecular flexibility index (Phi) is 5.57. The summed E-state index contributed by atoms with van der Waals surface area (Å²) in [7, 11) is 0. The number of carboxylic acid groups (broad SMARTS) is 2. The molecule has 2 N–H and O–H groups in total. The monoisotopic (exact) mass is 314 g/mol. The van der Waals surface area contributed by atoms with E-state index in [1.54, 1.807) is 0 Å². The first-order valence-corrected chi connectivity index (χ1v) is 7.37. The third-order valence-corrected chi connectivity index (χ3v) is 3.76. The van der Waals surface area contributed by atoms with Gasteiger partial charge >= 0.3 is 11.9 Å². The van der Waals surface area contributed by atoms with Gasteiger partial charge in [0.1, 0.15) is 0 Å². The summed E-state index contributed by atoms with van der Waals surface area (Å²) in [6.45, 7) is 16.1. The summed E-state index contributed by atoms with van der Waals surface area (Å²) < 4.78 is 0. The smallest absolute Gasteiger partial charge is 0.333 e. The van der Waals surface area contributed by atoms with E-state index in [4.69, 9.17) is 5.11 Å². The molecule has 0 rings (SSSR count). The zero-order chi connectivity index (χ0) is 18.1. The highest BCUT2D eigenvalue weighted by atomic mass is 16.4. The molecular weight excluding hydrogens is 284 g/mol. The second-order valence-electron chi connectivity index (χ2n) is 8.68. The number of hydrogen-bond acceptors (Lipinski definition) is 4. The van der Waals surface area contributed by atoms with Crippen LogP contribution < -0.4 is 0 Å². The average molecular weight is 314 g/mol. The van der Waals surface area contributed by atoms with Gasteiger partial charge in [0, 0.05) is 5.92 Å². The molecule has 128 valence electrons. The third-order valence-electron chi connectivity index (χ3n) is 3.76. The molecule has 1 unspecified atom stereocenters. The van der Waals surface area contributed by atoms with Gasteiger partial charge in [-0.25, -0.2) is 9.59 Å². The summed E-state index contributed by atoms with van der Waals surface area (Å²) in [5, 5.41) is 26.8. The number of aliphatic carboxylic acids is 2. The molecule has 0 spiro atoms. The van der Waals surface area contributed by atoms with E-state index < -0.39 is 23.0 Å². The van der Waals surface area contributed by atoms with Gasteiger partial charge in [-0.2, -0.15) is 10.2 Å². The molecule has 0 saturated heterocycles. The fraction of sp³-hybridized carbons (Fsp3) is 0.875. The molecule has 0 aliphatic carbocycles. The summed E-state index contributed by atoms with van der Waals surface area (Å²) in [5.41, 5.74) is -3.67. The van der Waals surface area contributed by atoms with Gasteiger partial charge in [0.2, 0.25) is 0 Å². The maximum absolute atomic E-state index is 11.9. The molecule has 0 aliphatic rings.